The van der Waals surface area contributed by atoms with Gasteiger partial charge in [-0.05, 0) is 79.3 Å². The van der Waals surface area contributed by atoms with Crippen molar-refractivity contribution in [2.75, 3.05) is 39.8 Å². The van der Waals surface area contributed by atoms with Crippen molar-refractivity contribution in [1.82, 2.24) is 15.5 Å². The van der Waals surface area contributed by atoms with Gasteiger partial charge >= 0.3 is 0 Å². The molecule has 3 heteroatoms. The van der Waals surface area contributed by atoms with Gasteiger partial charge in [-0.2, -0.15) is 0 Å². The molecule has 0 spiro atoms. The fourth-order valence-electron chi connectivity index (χ4n) is 1.76. The lowest BCUT2D eigenvalue weighted by atomic mass is 10.2. The highest BCUT2D eigenvalue weighted by Crippen LogP contribution is 1.94. The number of nitrogens with zero attached hydrogens (tertiary/aromatic N) is 1. The van der Waals surface area contributed by atoms with Crippen molar-refractivity contribution in [3.63, 3.8) is 0 Å². The number of nitrogens with one attached hydrogen (secondary N) is 2. The number of hydrogen-bond donors (Lipinski definition) is 2. The molecular formula is C15H35N3. The molecule has 0 bridgehead atoms. The predicted molar refractivity (Wildman–Crippen MR) is 82.3 cm³/mol. The Bertz CT molecular complexity index is 160. The van der Waals surface area contributed by atoms with E-state index in [0.717, 1.165) is 6.54 Å². The zero-order valence-corrected chi connectivity index (χ0v) is 13.1. The summed E-state index contributed by atoms with van der Waals surface area (Å²) in [5, 5.41) is 7.01. The van der Waals surface area contributed by atoms with Crippen LogP contribution in [0.2, 0.25) is 0 Å². The SMILES string of the molecule is CCCCNCCCCNCCCN(C)C(C)C. The third-order valence-corrected chi connectivity index (χ3v) is 3.41. The Kier molecular flexibility index (Phi) is 13.2. The molecule has 0 heterocycles. The van der Waals surface area contributed by atoms with Gasteiger partial charge in [0.15, 0.2) is 0 Å². The summed E-state index contributed by atoms with van der Waals surface area (Å²) in [6.07, 6.45) is 6.44. The quantitative estimate of drug-likeness (QED) is 0.496. The molecule has 0 rings (SSSR count). The number of rotatable bonds is 13. The van der Waals surface area contributed by atoms with Gasteiger partial charge in [-0.15, -0.1) is 0 Å². The first-order chi connectivity index (χ1) is 8.68. The van der Waals surface area contributed by atoms with Crippen LogP contribution in [0.5, 0.6) is 0 Å². The molecule has 18 heavy (non-hydrogen) atoms. The van der Waals surface area contributed by atoms with E-state index >= 15 is 0 Å². The lowest BCUT2D eigenvalue weighted by molar-refractivity contribution is 0.269. The highest BCUT2D eigenvalue weighted by molar-refractivity contribution is 4.58. The summed E-state index contributed by atoms with van der Waals surface area (Å²) in [7, 11) is 2.20. The first-order valence-electron chi connectivity index (χ1n) is 7.80. The second-order valence-electron chi connectivity index (χ2n) is 5.49. The van der Waals surface area contributed by atoms with E-state index in [9.17, 15) is 0 Å². The summed E-state index contributed by atoms with van der Waals surface area (Å²) >= 11 is 0. The first kappa shape index (κ1) is 17.9. The predicted octanol–water partition coefficient (Wildman–Crippen LogP) is 2.48. The van der Waals surface area contributed by atoms with E-state index < -0.39 is 0 Å². The third-order valence-electron chi connectivity index (χ3n) is 3.41. The topological polar surface area (TPSA) is 27.3 Å². The Labute approximate surface area is 115 Å². The van der Waals surface area contributed by atoms with E-state index in [0.29, 0.717) is 6.04 Å². The van der Waals surface area contributed by atoms with Crippen LogP contribution in [0.25, 0.3) is 0 Å². The molecule has 0 aromatic rings. The van der Waals surface area contributed by atoms with E-state index in [2.05, 4.69) is 43.4 Å². The van der Waals surface area contributed by atoms with Crippen LogP contribution in [0.3, 0.4) is 0 Å². The summed E-state index contributed by atoms with van der Waals surface area (Å²) in [5.74, 6) is 0. The molecule has 0 atom stereocenters. The van der Waals surface area contributed by atoms with Gasteiger partial charge in [0.2, 0.25) is 0 Å². The van der Waals surface area contributed by atoms with Gasteiger partial charge < -0.3 is 15.5 Å². The highest BCUT2D eigenvalue weighted by Gasteiger charge is 2.01. The molecule has 0 aromatic carbocycles. The van der Waals surface area contributed by atoms with Crippen molar-refractivity contribution in [2.45, 2.75) is 58.9 Å². The fraction of sp³-hybridized carbons (Fsp3) is 1.00. The molecule has 0 aromatic heterocycles. The molecule has 0 aliphatic rings. The minimum Gasteiger partial charge on any atom is -0.317 e. The van der Waals surface area contributed by atoms with E-state index in [1.807, 2.05) is 0 Å². The Balaban J connectivity index is 3.03. The molecule has 0 unspecified atom stereocenters. The fourth-order valence-corrected chi connectivity index (χ4v) is 1.76. The average Bonchev–Trinajstić information content (AvgIpc) is 2.35. The van der Waals surface area contributed by atoms with E-state index in [-0.39, 0.29) is 0 Å². The molecular weight excluding hydrogens is 222 g/mol. The van der Waals surface area contributed by atoms with E-state index in [1.54, 1.807) is 0 Å². The molecule has 0 aliphatic carbocycles. The third kappa shape index (κ3) is 12.3. The van der Waals surface area contributed by atoms with Crippen LogP contribution in [0, 0.1) is 0 Å². The second-order valence-corrected chi connectivity index (χ2v) is 5.49. The molecule has 0 saturated carbocycles. The summed E-state index contributed by atoms with van der Waals surface area (Å²) in [4.78, 5) is 2.40. The highest BCUT2D eigenvalue weighted by atomic mass is 15.1. The maximum Gasteiger partial charge on any atom is 0.00355 e. The zero-order valence-electron chi connectivity index (χ0n) is 13.1. The molecule has 0 saturated heterocycles. The molecule has 0 amide bonds. The van der Waals surface area contributed by atoms with Crippen LogP contribution >= 0.6 is 0 Å². The Morgan fingerprint density at radius 1 is 0.833 bits per heavy atom. The number of hydrogen-bond acceptors (Lipinski definition) is 3. The van der Waals surface area contributed by atoms with Crippen molar-refractivity contribution in [2.24, 2.45) is 0 Å². The Hall–Kier alpha value is -0.120. The maximum atomic E-state index is 3.53. The van der Waals surface area contributed by atoms with Crippen molar-refractivity contribution < 1.29 is 0 Å². The van der Waals surface area contributed by atoms with Crippen LogP contribution in [-0.4, -0.2) is 50.7 Å². The van der Waals surface area contributed by atoms with Gasteiger partial charge in [0.1, 0.15) is 0 Å². The smallest absolute Gasteiger partial charge is 0.00355 e. The van der Waals surface area contributed by atoms with Crippen LogP contribution in [0.4, 0.5) is 0 Å². The maximum absolute atomic E-state index is 3.53. The van der Waals surface area contributed by atoms with Crippen molar-refractivity contribution in [3.05, 3.63) is 0 Å². The first-order valence-corrected chi connectivity index (χ1v) is 7.80. The van der Waals surface area contributed by atoms with Crippen LogP contribution in [0.15, 0.2) is 0 Å². The van der Waals surface area contributed by atoms with Crippen molar-refractivity contribution >= 4 is 0 Å². The van der Waals surface area contributed by atoms with E-state index in [1.165, 1.54) is 58.3 Å². The Morgan fingerprint density at radius 3 is 1.83 bits per heavy atom. The number of unbranched alkanes of at least 4 members (excludes halogenated alkanes) is 2. The largest absolute Gasteiger partial charge is 0.317 e. The molecule has 0 radical (unpaired) electrons. The normalized spacial score (nSPS) is 11.7. The van der Waals surface area contributed by atoms with Crippen molar-refractivity contribution in [1.29, 1.82) is 0 Å². The van der Waals surface area contributed by atoms with Crippen LogP contribution < -0.4 is 10.6 Å². The molecule has 2 N–H and O–H groups in total. The molecule has 110 valence electrons. The van der Waals surface area contributed by atoms with E-state index in [4.69, 9.17) is 0 Å². The van der Waals surface area contributed by atoms with Gasteiger partial charge in [-0.1, -0.05) is 13.3 Å². The molecule has 3 nitrogen and oxygen atoms in total. The van der Waals surface area contributed by atoms with Crippen LogP contribution in [0.1, 0.15) is 52.9 Å². The minimum atomic E-state index is 0.666. The summed E-state index contributed by atoms with van der Waals surface area (Å²) in [5.41, 5.74) is 0. The van der Waals surface area contributed by atoms with Gasteiger partial charge in [-0.3, -0.25) is 0 Å². The summed E-state index contributed by atoms with van der Waals surface area (Å²) < 4.78 is 0. The average molecular weight is 257 g/mol. The van der Waals surface area contributed by atoms with Gasteiger partial charge in [0.05, 0.1) is 0 Å². The standard InChI is InChI=1S/C15H35N3/c1-5-6-10-16-11-7-8-12-17-13-9-14-18(4)15(2)3/h15-17H,5-14H2,1-4H3. The second kappa shape index (κ2) is 13.3. The van der Waals surface area contributed by atoms with Crippen molar-refractivity contribution in [3.8, 4) is 0 Å². The Morgan fingerprint density at radius 2 is 1.33 bits per heavy atom. The molecule has 0 fully saturated rings. The monoisotopic (exact) mass is 257 g/mol. The van der Waals surface area contributed by atoms with Gasteiger partial charge in [-0.25, -0.2) is 0 Å². The zero-order chi connectivity index (χ0) is 13.6. The lowest BCUT2D eigenvalue weighted by Gasteiger charge is -2.20. The summed E-state index contributed by atoms with van der Waals surface area (Å²) in [6.45, 7) is 12.6. The molecule has 0 aliphatic heterocycles. The lowest BCUT2D eigenvalue weighted by Crippen LogP contribution is -2.29. The minimum absolute atomic E-state index is 0.666. The van der Waals surface area contributed by atoms with Gasteiger partial charge in [0, 0.05) is 6.04 Å². The van der Waals surface area contributed by atoms with Crippen LogP contribution in [-0.2, 0) is 0 Å². The van der Waals surface area contributed by atoms with Gasteiger partial charge in [0.25, 0.3) is 0 Å². The summed E-state index contributed by atoms with van der Waals surface area (Å²) in [6, 6.07) is 0.666.